The third kappa shape index (κ3) is 2.20. The normalized spacial score (nSPS) is 17.6. The van der Waals surface area contributed by atoms with Crippen LogP contribution in [-0.4, -0.2) is 52.9 Å². The molecule has 4 heterocycles. The molecule has 5 rings (SSSR count). The van der Waals surface area contributed by atoms with Gasteiger partial charge in [-0.05, 0) is 25.0 Å². The molecular formula is C17H18N6O2S. The zero-order valence-corrected chi connectivity index (χ0v) is 15.1. The maximum Gasteiger partial charge on any atom is 0.254 e. The number of para-hydroxylation sites is 1. The molecule has 0 aliphatic carbocycles. The Balaban J connectivity index is 1.40. The minimum Gasteiger partial charge on any atom is -0.353 e. The smallest absolute Gasteiger partial charge is 0.254 e. The number of sulfonamides is 1. The average Bonchev–Trinajstić information content (AvgIpc) is 3.19. The zero-order chi connectivity index (χ0) is 17.9. The summed E-state index contributed by atoms with van der Waals surface area (Å²) in [5, 5.41) is 3.78. The maximum atomic E-state index is 13.1. The number of anilines is 2. The molecule has 1 saturated heterocycles. The van der Waals surface area contributed by atoms with Gasteiger partial charge < -0.3 is 4.90 Å². The van der Waals surface area contributed by atoms with Crippen molar-refractivity contribution in [2.45, 2.75) is 18.6 Å². The van der Waals surface area contributed by atoms with Crippen LogP contribution in [-0.2, 0) is 16.4 Å². The monoisotopic (exact) mass is 370 g/mol. The average molecular weight is 370 g/mol. The molecule has 0 N–H and O–H groups in total. The lowest BCUT2D eigenvalue weighted by atomic mass is 10.2. The van der Waals surface area contributed by atoms with Gasteiger partial charge in [0.25, 0.3) is 5.78 Å². The van der Waals surface area contributed by atoms with Gasteiger partial charge in [-0.25, -0.2) is 13.4 Å². The lowest BCUT2D eigenvalue weighted by Crippen LogP contribution is -2.58. The second kappa shape index (κ2) is 5.41. The molecule has 8 nitrogen and oxygen atoms in total. The van der Waals surface area contributed by atoms with Gasteiger partial charge in [0.1, 0.15) is 17.4 Å². The second-order valence-corrected chi connectivity index (χ2v) is 8.89. The SMILES string of the molecule is Cc1cc(N2CC(S(=O)(=O)N3CCc4ccccc43)C2)n2ncnc2n1. The minimum absolute atomic E-state index is 0.416. The van der Waals surface area contributed by atoms with Gasteiger partial charge in [-0.1, -0.05) is 18.2 Å². The molecule has 26 heavy (non-hydrogen) atoms. The number of hydrogen-bond acceptors (Lipinski definition) is 6. The number of rotatable bonds is 3. The molecule has 0 spiro atoms. The summed E-state index contributed by atoms with van der Waals surface area (Å²) in [5.41, 5.74) is 2.76. The summed E-state index contributed by atoms with van der Waals surface area (Å²) in [7, 11) is -3.38. The molecular weight excluding hydrogens is 352 g/mol. The highest BCUT2D eigenvalue weighted by Crippen LogP contribution is 2.34. The van der Waals surface area contributed by atoms with Gasteiger partial charge in [0.2, 0.25) is 10.0 Å². The fourth-order valence-corrected chi connectivity index (χ4v) is 5.60. The van der Waals surface area contributed by atoms with E-state index in [0.29, 0.717) is 25.4 Å². The lowest BCUT2D eigenvalue weighted by molar-refractivity contribution is 0.533. The molecule has 0 radical (unpaired) electrons. The Morgan fingerprint density at radius 2 is 2.00 bits per heavy atom. The zero-order valence-electron chi connectivity index (χ0n) is 14.3. The Kier molecular flexibility index (Phi) is 3.24. The molecule has 3 aromatic rings. The first kappa shape index (κ1) is 15.6. The van der Waals surface area contributed by atoms with E-state index in [1.54, 1.807) is 8.82 Å². The van der Waals surface area contributed by atoms with Crippen LogP contribution in [0, 0.1) is 6.92 Å². The van der Waals surface area contributed by atoms with Crippen molar-refractivity contribution in [3.05, 3.63) is 47.9 Å². The van der Waals surface area contributed by atoms with Crippen molar-refractivity contribution >= 4 is 27.3 Å². The number of aromatic nitrogens is 4. The molecule has 1 aromatic carbocycles. The molecule has 0 saturated carbocycles. The summed E-state index contributed by atoms with van der Waals surface area (Å²) in [6.45, 7) is 3.31. The molecule has 0 amide bonds. The maximum absolute atomic E-state index is 13.1. The van der Waals surface area contributed by atoms with Gasteiger partial charge >= 0.3 is 0 Å². The van der Waals surface area contributed by atoms with Crippen LogP contribution in [0.3, 0.4) is 0 Å². The first-order chi connectivity index (χ1) is 12.5. The first-order valence-electron chi connectivity index (χ1n) is 8.56. The van der Waals surface area contributed by atoms with Crippen molar-refractivity contribution in [1.29, 1.82) is 0 Å². The Morgan fingerprint density at radius 3 is 2.85 bits per heavy atom. The molecule has 9 heteroatoms. The summed E-state index contributed by atoms with van der Waals surface area (Å²) in [6, 6.07) is 9.65. The first-order valence-corrected chi connectivity index (χ1v) is 10.1. The van der Waals surface area contributed by atoms with Gasteiger partial charge in [0, 0.05) is 31.4 Å². The van der Waals surface area contributed by atoms with Crippen molar-refractivity contribution in [3.8, 4) is 0 Å². The minimum atomic E-state index is -3.38. The van der Waals surface area contributed by atoms with Crippen molar-refractivity contribution in [3.63, 3.8) is 0 Å². The van der Waals surface area contributed by atoms with Crippen molar-refractivity contribution in [2.75, 3.05) is 28.8 Å². The Bertz CT molecular complexity index is 1100. The van der Waals surface area contributed by atoms with Crippen LogP contribution >= 0.6 is 0 Å². The summed E-state index contributed by atoms with van der Waals surface area (Å²) >= 11 is 0. The van der Waals surface area contributed by atoms with E-state index in [1.165, 1.54) is 6.33 Å². The molecule has 2 aliphatic heterocycles. The third-order valence-electron chi connectivity index (χ3n) is 5.11. The number of benzene rings is 1. The Hall–Kier alpha value is -2.68. The number of fused-ring (bicyclic) bond motifs is 2. The van der Waals surface area contributed by atoms with Crippen LogP contribution in [0.25, 0.3) is 5.78 Å². The van der Waals surface area contributed by atoms with Crippen LogP contribution < -0.4 is 9.21 Å². The van der Waals surface area contributed by atoms with E-state index >= 15 is 0 Å². The quantitative estimate of drug-likeness (QED) is 0.684. The Labute approximate surface area is 151 Å². The highest BCUT2D eigenvalue weighted by atomic mass is 32.2. The number of nitrogens with zero attached hydrogens (tertiary/aromatic N) is 6. The van der Waals surface area contributed by atoms with E-state index in [-0.39, 0.29) is 0 Å². The standard InChI is InChI=1S/C17H18N6O2S/c1-12-8-16(23-17(20-12)18-11-19-23)21-9-14(10-21)26(24,25)22-7-6-13-4-2-3-5-15(13)22/h2-5,8,11,14H,6-7,9-10H2,1H3. The van der Waals surface area contributed by atoms with Crippen LogP contribution in [0.1, 0.15) is 11.3 Å². The fraction of sp³-hybridized carbons (Fsp3) is 0.353. The highest BCUT2D eigenvalue weighted by Gasteiger charge is 2.43. The van der Waals surface area contributed by atoms with E-state index in [0.717, 1.165) is 29.2 Å². The second-order valence-electron chi connectivity index (χ2n) is 6.75. The van der Waals surface area contributed by atoms with Gasteiger partial charge in [-0.15, -0.1) is 0 Å². The number of aryl methyl sites for hydroxylation is 1. The van der Waals surface area contributed by atoms with E-state index in [4.69, 9.17) is 0 Å². The van der Waals surface area contributed by atoms with Crippen molar-refractivity contribution in [2.24, 2.45) is 0 Å². The number of hydrogen-bond donors (Lipinski definition) is 0. The molecule has 2 aromatic heterocycles. The van der Waals surface area contributed by atoms with Crippen LogP contribution in [0.2, 0.25) is 0 Å². The summed E-state index contributed by atoms with van der Waals surface area (Å²) in [4.78, 5) is 10.5. The highest BCUT2D eigenvalue weighted by molar-refractivity contribution is 7.93. The lowest BCUT2D eigenvalue weighted by Gasteiger charge is -2.41. The summed E-state index contributed by atoms with van der Waals surface area (Å²) in [5.74, 6) is 1.36. The molecule has 2 aliphatic rings. The Morgan fingerprint density at radius 1 is 1.19 bits per heavy atom. The van der Waals surface area contributed by atoms with E-state index in [2.05, 4.69) is 15.1 Å². The van der Waals surface area contributed by atoms with Crippen LogP contribution in [0.4, 0.5) is 11.5 Å². The van der Waals surface area contributed by atoms with E-state index in [1.807, 2.05) is 42.2 Å². The predicted octanol–water partition coefficient (Wildman–Crippen LogP) is 1.01. The van der Waals surface area contributed by atoms with Crippen LogP contribution in [0.5, 0.6) is 0 Å². The molecule has 0 bridgehead atoms. The summed E-state index contributed by atoms with van der Waals surface area (Å²) < 4.78 is 29.4. The van der Waals surface area contributed by atoms with Gasteiger partial charge in [0.05, 0.1) is 5.69 Å². The van der Waals surface area contributed by atoms with Crippen LogP contribution in [0.15, 0.2) is 36.7 Å². The largest absolute Gasteiger partial charge is 0.353 e. The third-order valence-corrected chi connectivity index (χ3v) is 7.24. The van der Waals surface area contributed by atoms with Gasteiger partial charge in [0.15, 0.2) is 0 Å². The summed E-state index contributed by atoms with van der Waals surface area (Å²) in [6.07, 6.45) is 2.23. The predicted molar refractivity (Wildman–Crippen MR) is 97.9 cm³/mol. The molecule has 134 valence electrons. The molecule has 1 fully saturated rings. The fourth-order valence-electron chi connectivity index (χ4n) is 3.70. The van der Waals surface area contributed by atoms with Gasteiger partial charge in [-0.2, -0.15) is 14.6 Å². The van der Waals surface area contributed by atoms with Gasteiger partial charge in [-0.3, -0.25) is 4.31 Å². The van der Waals surface area contributed by atoms with E-state index in [9.17, 15) is 8.42 Å². The van der Waals surface area contributed by atoms with Crippen molar-refractivity contribution in [1.82, 2.24) is 19.6 Å². The van der Waals surface area contributed by atoms with Crippen molar-refractivity contribution < 1.29 is 8.42 Å². The van der Waals surface area contributed by atoms with E-state index < -0.39 is 15.3 Å². The molecule has 0 atom stereocenters. The molecule has 0 unspecified atom stereocenters. The topological polar surface area (TPSA) is 83.7 Å².